The molecule has 0 spiro atoms. The fraction of sp³-hybridized carbons (Fsp3) is 0. The molecule has 2 nitrogen and oxygen atoms in total. The van der Waals surface area contributed by atoms with Crippen molar-refractivity contribution < 1.29 is 0 Å². The van der Waals surface area contributed by atoms with Gasteiger partial charge >= 0.3 is 0 Å². The van der Waals surface area contributed by atoms with Gasteiger partial charge in [0.2, 0.25) is 0 Å². The molecular weight excluding hydrogens is 989 g/mol. The van der Waals surface area contributed by atoms with E-state index in [9.17, 15) is 0 Å². The van der Waals surface area contributed by atoms with Gasteiger partial charge in [-0.2, -0.15) is 0 Å². The van der Waals surface area contributed by atoms with E-state index in [-0.39, 0.29) is 0 Å². The van der Waals surface area contributed by atoms with E-state index in [4.69, 9.17) is 0 Å². The lowest BCUT2D eigenvalue weighted by Crippen LogP contribution is -2.11. The molecule has 0 unspecified atom stereocenters. The van der Waals surface area contributed by atoms with Crippen LogP contribution in [0.5, 0.6) is 0 Å². The Bertz CT molecular complexity index is 4220. The quantitative estimate of drug-likeness (QED) is 0.0746. The van der Waals surface area contributed by atoms with Crippen LogP contribution in [0.1, 0.15) is 44.5 Å². The molecule has 0 aliphatic heterocycles. The lowest BCUT2D eigenvalue weighted by Gasteiger charge is -2.29. The topological polar surface area (TPSA) is 6.48 Å². The molecule has 0 N–H and O–H groups in total. The summed E-state index contributed by atoms with van der Waals surface area (Å²) in [5.41, 5.74) is 18.1. The Hall–Kier alpha value is -10.8. The maximum Gasteiger partial charge on any atom is 0.0618 e. The highest BCUT2D eigenvalue weighted by molar-refractivity contribution is 6.23. The van der Waals surface area contributed by atoms with Crippen LogP contribution < -0.4 is 9.80 Å². The summed E-state index contributed by atoms with van der Waals surface area (Å²) in [5.74, 6) is 0. The molecule has 0 radical (unpaired) electrons. The van der Waals surface area contributed by atoms with Crippen LogP contribution in [0.15, 0.2) is 303 Å². The first-order chi connectivity index (χ1) is 40.6. The van der Waals surface area contributed by atoms with E-state index < -0.39 is 0 Å². The van der Waals surface area contributed by atoms with Crippen LogP contribution in [0.25, 0.3) is 92.1 Å². The molecule has 0 aromatic heterocycles. The zero-order chi connectivity index (χ0) is 54.9. The second-order valence-corrected chi connectivity index (χ2v) is 20.6. The third-order valence-electron chi connectivity index (χ3n) is 15.2. The second-order valence-electron chi connectivity index (χ2n) is 20.6. The number of anilines is 6. The SMILES string of the molecule is C(=Cc1ccc(N(c2ccc(C=Cc3ccccc3)cc2)c2ccc(-c3c4ccccc4cc4c(N(c5ccc(C=Cc6ccccc6)cc5)c5ccc(C=Cc6ccccc6)cc5)c5ccccc5cc34)cc2)cc1)c1ccccc1. The number of hydrogen-bond donors (Lipinski definition) is 0. The molecule has 0 heterocycles. The monoisotopic (exact) mass is 1050 g/mol. The Morgan fingerprint density at radius 1 is 0.195 bits per heavy atom. The minimum Gasteiger partial charge on any atom is -0.311 e. The maximum absolute atomic E-state index is 2.46. The van der Waals surface area contributed by atoms with Crippen LogP contribution in [0.4, 0.5) is 34.1 Å². The summed E-state index contributed by atoms with van der Waals surface area (Å²) in [4.78, 5) is 4.82. The first-order valence-corrected chi connectivity index (χ1v) is 28.0. The van der Waals surface area contributed by atoms with E-state index in [1.165, 1.54) is 60.1 Å². The van der Waals surface area contributed by atoms with Crippen molar-refractivity contribution in [3.05, 3.63) is 348 Å². The fourth-order valence-electron chi connectivity index (χ4n) is 11.0. The highest BCUT2D eigenvalue weighted by Gasteiger charge is 2.23. The summed E-state index contributed by atoms with van der Waals surface area (Å²) in [7, 11) is 0. The van der Waals surface area contributed by atoms with Crippen LogP contribution in [0.2, 0.25) is 0 Å². The van der Waals surface area contributed by atoms with Crippen LogP contribution in [0.3, 0.4) is 0 Å². The molecule has 2 heteroatoms. The molecule has 82 heavy (non-hydrogen) atoms. The Balaban J connectivity index is 0.934. The van der Waals surface area contributed by atoms with Crippen LogP contribution >= 0.6 is 0 Å². The summed E-state index contributed by atoms with van der Waals surface area (Å²) in [6.45, 7) is 0. The summed E-state index contributed by atoms with van der Waals surface area (Å²) >= 11 is 0. The van der Waals surface area contributed by atoms with Crippen LogP contribution in [-0.4, -0.2) is 0 Å². The normalized spacial score (nSPS) is 11.7. The summed E-state index contributed by atoms with van der Waals surface area (Å²) < 4.78 is 0. The minimum atomic E-state index is 1.06. The average Bonchev–Trinajstić information content (AvgIpc) is 2.93. The highest BCUT2D eigenvalue weighted by atomic mass is 15.1. The van der Waals surface area contributed by atoms with Crippen molar-refractivity contribution in [1.82, 2.24) is 0 Å². The maximum atomic E-state index is 2.46. The Morgan fingerprint density at radius 2 is 0.463 bits per heavy atom. The second kappa shape index (κ2) is 23.7. The number of nitrogens with zero attached hydrogens (tertiary/aromatic N) is 2. The van der Waals surface area contributed by atoms with Gasteiger partial charge < -0.3 is 9.80 Å². The van der Waals surface area contributed by atoms with Crippen molar-refractivity contribution >= 4 is 115 Å². The third kappa shape index (κ3) is 11.2. The minimum absolute atomic E-state index is 1.06. The molecule has 0 amide bonds. The van der Waals surface area contributed by atoms with E-state index in [0.29, 0.717) is 0 Å². The fourth-order valence-corrected chi connectivity index (χ4v) is 11.0. The predicted octanol–water partition coefficient (Wildman–Crippen LogP) is 22.4. The van der Waals surface area contributed by atoms with Gasteiger partial charge in [-0.1, -0.05) is 279 Å². The van der Waals surface area contributed by atoms with Crippen molar-refractivity contribution in [3.63, 3.8) is 0 Å². The number of hydrogen-bond acceptors (Lipinski definition) is 2. The summed E-state index contributed by atoms with van der Waals surface area (Å²) in [5, 5.41) is 7.08. The molecule has 13 aromatic carbocycles. The molecule has 0 atom stereocenters. The number of rotatable bonds is 15. The first kappa shape index (κ1) is 50.7. The molecule has 0 aliphatic rings. The molecule has 13 rings (SSSR count). The summed E-state index contributed by atoms with van der Waals surface area (Å²) in [6, 6.07) is 109. The van der Waals surface area contributed by atoms with Crippen molar-refractivity contribution in [2.24, 2.45) is 0 Å². The molecule has 13 aromatic rings. The van der Waals surface area contributed by atoms with Gasteiger partial charge in [0.25, 0.3) is 0 Å². The first-order valence-electron chi connectivity index (χ1n) is 28.0. The van der Waals surface area contributed by atoms with Gasteiger partial charge in [-0.3, -0.25) is 0 Å². The van der Waals surface area contributed by atoms with E-state index in [1.54, 1.807) is 0 Å². The van der Waals surface area contributed by atoms with Crippen molar-refractivity contribution in [2.75, 3.05) is 9.80 Å². The average molecular weight is 1050 g/mol. The van der Waals surface area contributed by atoms with Gasteiger partial charge in [-0.05, 0) is 150 Å². The van der Waals surface area contributed by atoms with Crippen LogP contribution in [0, 0.1) is 0 Å². The van der Waals surface area contributed by atoms with Crippen molar-refractivity contribution in [1.29, 1.82) is 0 Å². The smallest absolute Gasteiger partial charge is 0.0618 e. The van der Waals surface area contributed by atoms with Crippen molar-refractivity contribution in [3.8, 4) is 11.1 Å². The van der Waals surface area contributed by atoms with E-state index in [2.05, 4.69) is 362 Å². The van der Waals surface area contributed by atoms with Gasteiger partial charge in [0.15, 0.2) is 0 Å². The summed E-state index contributed by atoms with van der Waals surface area (Å²) in [6.07, 6.45) is 17.4. The molecule has 0 bridgehead atoms. The van der Waals surface area contributed by atoms with Gasteiger partial charge in [0.05, 0.1) is 5.69 Å². The standard InChI is InChI=1S/C80H58N2/c1-5-17-59(18-6-1)29-33-63-37-47-70(48-38-63)81(71-49-39-64(40-50-71)34-30-60-19-7-2-8-20-60)72-55-45-67(46-56-72)79-75-27-15-13-25-68(75)58-78-77(79)57-69-26-14-16-28-76(69)80(78)82(73-51-41-65(42-52-73)35-31-61-21-9-3-10-22-61)74-53-43-66(44-54-74)36-32-62-23-11-4-12-24-62/h1-58H. The zero-order valence-electron chi connectivity index (χ0n) is 45.4. The van der Waals surface area contributed by atoms with Crippen LogP contribution in [-0.2, 0) is 0 Å². The lowest BCUT2D eigenvalue weighted by atomic mass is 9.89. The number of fused-ring (bicyclic) bond motifs is 3. The molecule has 388 valence electrons. The van der Waals surface area contributed by atoms with Gasteiger partial charge in [-0.15, -0.1) is 0 Å². The van der Waals surface area contributed by atoms with Gasteiger partial charge in [-0.25, -0.2) is 0 Å². The molecule has 0 fully saturated rings. The predicted molar refractivity (Wildman–Crippen MR) is 355 cm³/mol. The van der Waals surface area contributed by atoms with E-state index >= 15 is 0 Å². The largest absolute Gasteiger partial charge is 0.311 e. The molecule has 0 saturated heterocycles. The third-order valence-corrected chi connectivity index (χ3v) is 15.2. The molecular formula is C80H58N2. The molecule has 0 saturated carbocycles. The van der Waals surface area contributed by atoms with Crippen molar-refractivity contribution in [2.45, 2.75) is 0 Å². The Morgan fingerprint density at radius 3 is 0.829 bits per heavy atom. The van der Waals surface area contributed by atoms with E-state index in [1.807, 2.05) is 0 Å². The lowest BCUT2D eigenvalue weighted by molar-refractivity contribution is 1.28. The Kier molecular flexibility index (Phi) is 14.6. The zero-order valence-corrected chi connectivity index (χ0v) is 45.4. The van der Waals surface area contributed by atoms with Gasteiger partial charge in [0, 0.05) is 39.2 Å². The number of benzene rings is 13. The van der Waals surface area contributed by atoms with E-state index in [0.717, 1.165) is 61.9 Å². The van der Waals surface area contributed by atoms with Gasteiger partial charge in [0.1, 0.15) is 0 Å². The highest BCUT2D eigenvalue weighted by Crippen LogP contribution is 2.49. The Labute approximate surface area is 481 Å². The molecule has 0 aliphatic carbocycles.